The van der Waals surface area contributed by atoms with Crippen molar-refractivity contribution in [2.24, 2.45) is 11.5 Å². The van der Waals surface area contributed by atoms with Crippen LogP contribution in [0.2, 0.25) is 0 Å². The van der Waals surface area contributed by atoms with Crippen LogP contribution >= 0.6 is 0 Å². The fourth-order valence-electron chi connectivity index (χ4n) is 5.58. The SMILES string of the molecule is NCCCCCCCNC(=O)C1C[C@H](OCc2ccccc2)CN1C(=O)[C@@H](Cc1ccccc1)NC(=O)[C@@H](N)Cc1cnc[nH]1. The number of H-pyrrole nitrogens is 1. The number of hydrogen-bond donors (Lipinski definition) is 5. The van der Waals surface area contributed by atoms with E-state index in [1.54, 1.807) is 11.1 Å². The van der Waals surface area contributed by atoms with Gasteiger partial charge in [0.1, 0.15) is 12.1 Å². The highest BCUT2D eigenvalue weighted by molar-refractivity contribution is 5.93. The van der Waals surface area contributed by atoms with Gasteiger partial charge < -0.3 is 36.7 Å². The highest BCUT2D eigenvalue weighted by Gasteiger charge is 2.42. The van der Waals surface area contributed by atoms with Gasteiger partial charge in [-0.25, -0.2) is 4.98 Å². The minimum absolute atomic E-state index is 0.211. The molecule has 1 aliphatic rings. The molecule has 4 rings (SSSR count). The van der Waals surface area contributed by atoms with Gasteiger partial charge in [-0.2, -0.15) is 0 Å². The molecule has 3 aromatic rings. The normalized spacial score (nSPS) is 17.5. The minimum Gasteiger partial charge on any atom is -0.372 e. The smallest absolute Gasteiger partial charge is 0.246 e. The van der Waals surface area contributed by atoms with E-state index in [0.717, 1.165) is 48.9 Å². The van der Waals surface area contributed by atoms with E-state index in [9.17, 15) is 14.4 Å². The first-order valence-electron chi connectivity index (χ1n) is 16.0. The zero-order valence-corrected chi connectivity index (χ0v) is 25.9. The molecule has 0 bridgehead atoms. The van der Waals surface area contributed by atoms with Crippen molar-refractivity contribution in [3.63, 3.8) is 0 Å². The molecule has 0 saturated carbocycles. The fraction of sp³-hybridized carbons (Fsp3) is 0.471. The lowest BCUT2D eigenvalue weighted by Crippen LogP contribution is -2.56. The molecule has 45 heavy (non-hydrogen) atoms. The lowest BCUT2D eigenvalue weighted by molar-refractivity contribution is -0.141. The monoisotopic (exact) mass is 617 g/mol. The van der Waals surface area contributed by atoms with E-state index < -0.39 is 24.0 Å². The number of rotatable bonds is 18. The van der Waals surface area contributed by atoms with Gasteiger partial charge in [0.2, 0.25) is 17.7 Å². The lowest BCUT2D eigenvalue weighted by atomic mass is 10.0. The van der Waals surface area contributed by atoms with Crippen LogP contribution in [0.25, 0.3) is 0 Å². The standard InChI is InChI=1S/C34H47N7O4/c35-16-10-2-1-3-11-17-38-33(43)31-20-28(45-23-26-14-8-5-9-15-26)22-41(31)34(44)30(18-25-12-6-4-7-13-25)40-32(42)29(36)19-27-21-37-24-39-27/h4-9,12-15,21,24,28-31H,1-3,10-11,16-20,22-23,35-36H2,(H,37,39)(H,38,43)(H,40,42)/t28-,29-,30+,31?/m0/s1. The van der Waals surface area contributed by atoms with Crippen LogP contribution in [0, 0.1) is 0 Å². The number of amides is 3. The molecule has 2 heterocycles. The van der Waals surface area contributed by atoms with Gasteiger partial charge in [0.25, 0.3) is 0 Å². The third kappa shape index (κ3) is 10.8. The Hall–Kier alpha value is -4.06. The molecule has 242 valence electrons. The first kappa shape index (κ1) is 33.8. The maximum absolute atomic E-state index is 14.2. The second-order valence-electron chi connectivity index (χ2n) is 11.6. The Balaban J connectivity index is 1.46. The summed E-state index contributed by atoms with van der Waals surface area (Å²) in [5.41, 5.74) is 14.4. The largest absolute Gasteiger partial charge is 0.372 e. The summed E-state index contributed by atoms with van der Waals surface area (Å²) in [7, 11) is 0. The molecule has 1 fully saturated rings. The summed E-state index contributed by atoms with van der Waals surface area (Å²) >= 11 is 0. The summed E-state index contributed by atoms with van der Waals surface area (Å²) in [6.45, 7) is 1.83. The Morgan fingerprint density at radius 3 is 2.33 bits per heavy atom. The molecule has 7 N–H and O–H groups in total. The maximum Gasteiger partial charge on any atom is 0.246 e. The highest BCUT2D eigenvalue weighted by atomic mass is 16.5. The molecule has 0 aliphatic carbocycles. The molecule has 1 aliphatic heterocycles. The second-order valence-corrected chi connectivity index (χ2v) is 11.6. The van der Waals surface area contributed by atoms with Crippen LogP contribution in [-0.2, 0) is 38.6 Å². The summed E-state index contributed by atoms with van der Waals surface area (Å²) in [4.78, 5) is 49.5. The first-order valence-corrected chi connectivity index (χ1v) is 16.0. The van der Waals surface area contributed by atoms with Crippen molar-refractivity contribution in [3.05, 3.63) is 90.0 Å². The molecule has 1 saturated heterocycles. The summed E-state index contributed by atoms with van der Waals surface area (Å²) in [6.07, 6.45) is 8.68. The van der Waals surface area contributed by atoms with Crippen molar-refractivity contribution in [2.75, 3.05) is 19.6 Å². The van der Waals surface area contributed by atoms with Crippen LogP contribution in [0.4, 0.5) is 0 Å². The van der Waals surface area contributed by atoms with Crippen molar-refractivity contribution in [3.8, 4) is 0 Å². The number of carbonyl (C=O) groups excluding carboxylic acids is 3. The van der Waals surface area contributed by atoms with Crippen molar-refractivity contribution >= 4 is 17.7 Å². The molecule has 2 aromatic carbocycles. The van der Waals surface area contributed by atoms with Crippen LogP contribution in [0.3, 0.4) is 0 Å². The number of carbonyl (C=O) groups is 3. The predicted octanol–water partition coefficient (Wildman–Crippen LogP) is 2.22. The van der Waals surface area contributed by atoms with Crippen LogP contribution in [0.15, 0.2) is 73.2 Å². The van der Waals surface area contributed by atoms with Crippen molar-refractivity contribution < 1.29 is 19.1 Å². The zero-order chi connectivity index (χ0) is 31.9. The lowest BCUT2D eigenvalue weighted by Gasteiger charge is -2.29. The van der Waals surface area contributed by atoms with Crippen LogP contribution in [0.1, 0.15) is 55.3 Å². The van der Waals surface area contributed by atoms with E-state index in [4.69, 9.17) is 16.2 Å². The van der Waals surface area contributed by atoms with E-state index in [1.807, 2.05) is 60.7 Å². The molecule has 1 aromatic heterocycles. The number of unbranched alkanes of at least 4 members (excludes halogenated alkanes) is 4. The number of nitrogens with two attached hydrogens (primary N) is 2. The van der Waals surface area contributed by atoms with Gasteiger partial charge in [-0.3, -0.25) is 14.4 Å². The van der Waals surface area contributed by atoms with Gasteiger partial charge in [-0.05, 0) is 30.5 Å². The molecule has 4 atom stereocenters. The molecule has 11 heteroatoms. The van der Waals surface area contributed by atoms with Crippen molar-refractivity contribution in [2.45, 2.75) is 82.2 Å². The number of hydrogen-bond acceptors (Lipinski definition) is 7. The third-order valence-corrected chi connectivity index (χ3v) is 8.09. The molecule has 0 spiro atoms. The van der Waals surface area contributed by atoms with Gasteiger partial charge in [-0.1, -0.05) is 79.9 Å². The number of nitrogens with zero attached hydrogens (tertiary/aromatic N) is 2. The first-order chi connectivity index (χ1) is 21.9. The molecule has 0 radical (unpaired) electrons. The summed E-state index contributed by atoms with van der Waals surface area (Å²) in [5.74, 6) is -1.00. The summed E-state index contributed by atoms with van der Waals surface area (Å²) in [5, 5.41) is 5.93. The van der Waals surface area contributed by atoms with E-state index in [2.05, 4.69) is 20.6 Å². The van der Waals surface area contributed by atoms with Gasteiger partial charge in [-0.15, -0.1) is 0 Å². The zero-order valence-electron chi connectivity index (χ0n) is 25.9. The Kier molecular flexibility index (Phi) is 13.6. The molecule has 1 unspecified atom stereocenters. The average Bonchev–Trinajstić information content (AvgIpc) is 3.74. The molecular weight excluding hydrogens is 570 g/mol. The number of nitrogens with one attached hydrogen (secondary N) is 3. The average molecular weight is 618 g/mol. The predicted molar refractivity (Wildman–Crippen MR) is 173 cm³/mol. The Bertz CT molecular complexity index is 1310. The van der Waals surface area contributed by atoms with Crippen LogP contribution in [-0.4, -0.2) is 76.5 Å². The van der Waals surface area contributed by atoms with E-state index in [-0.39, 0.29) is 37.3 Å². The van der Waals surface area contributed by atoms with Gasteiger partial charge in [0, 0.05) is 44.2 Å². The van der Waals surface area contributed by atoms with Crippen molar-refractivity contribution in [1.82, 2.24) is 25.5 Å². The van der Waals surface area contributed by atoms with Crippen LogP contribution < -0.4 is 22.1 Å². The summed E-state index contributed by atoms with van der Waals surface area (Å²) in [6, 6.07) is 16.8. The number of benzene rings is 2. The molecule has 11 nitrogen and oxygen atoms in total. The van der Waals surface area contributed by atoms with Gasteiger partial charge >= 0.3 is 0 Å². The quantitative estimate of drug-likeness (QED) is 0.136. The number of ether oxygens (including phenoxy) is 1. The fourth-order valence-corrected chi connectivity index (χ4v) is 5.58. The number of likely N-dealkylation sites (tertiary alicyclic amines) is 1. The molecule has 3 amide bonds. The number of imidazole rings is 1. The third-order valence-electron chi connectivity index (χ3n) is 8.09. The Morgan fingerprint density at radius 1 is 0.956 bits per heavy atom. The molecular formula is C34H47N7O4. The van der Waals surface area contributed by atoms with Gasteiger partial charge in [0.15, 0.2) is 0 Å². The Labute approximate surface area is 265 Å². The second kappa shape index (κ2) is 18.0. The Morgan fingerprint density at radius 2 is 1.64 bits per heavy atom. The topological polar surface area (TPSA) is 168 Å². The number of aromatic nitrogens is 2. The van der Waals surface area contributed by atoms with E-state index >= 15 is 0 Å². The summed E-state index contributed by atoms with van der Waals surface area (Å²) < 4.78 is 6.21. The highest BCUT2D eigenvalue weighted by Crippen LogP contribution is 2.24. The van der Waals surface area contributed by atoms with Crippen LogP contribution in [0.5, 0.6) is 0 Å². The van der Waals surface area contributed by atoms with Crippen molar-refractivity contribution in [1.29, 1.82) is 0 Å². The minimum atomic E-state index is -0.918. The number of aromatic amines is 1. The van der Waals surface area contributed by atoms with Gasteiger partial charge in [0.05, 0.1) is 25.1 Å². The maximum atomic E-state index is 14.2. The van der Waals surface area contributed by atoms with E-state index in [1.165, 1.54) is 6.33 Å². The van der Waals surface area contributed by atoms with E-state index in [0.29, 0.717) is 26.1 Å².